The van der Waals surface area contributed by atoms with E-state index in [2.05, 4.69) is 10.3 Å². The number of thiophene rings is 1. The summed E-state index contributed by atoms with van der Waals surface area (Å²) >= 11 is 2.38. The lowest BCUT2D eigenvalue weighted by Gasteiger charge is -2.07. The van der Waals surface area contributed by atoms with E-state index >= 15 is 0 Å². The van der Waals surface area contributed by atoms with Gasteiger partial charge in [-0.2, -0.15) is 0 Å². The molecule has 0 unspecified atom stereocenters. The standard InChI is InChI=1S/C16H15N3O3S3/c1-10-12(9-11-5-3-2-4-6-11)14(25(17,21)22)13(24-10)15(20)19-16-18-7-8-23-16/h2-8H,9H2,1H3,(H2,17,21,22)(H,18,19,20). The third kappa shape index (κ3) is 3.96. The number of primary sulfonamides is 1. The number of benzene rings is 1. The first-order valence-electron chi connectivity index (χ1n) is 7.26. The Hall–Kier alpha value is -2.07. The van der Waals surface area contributed by atoms with Crippen molar-refractivity contribution >= 4 is 43.7 Å². The number of carbonyl (C=O) groups is 1. The maximum absolute atomic E-state index is 12.5. The Bertz CT molecular complexity index is 994. The van der Waals surface area contributed by atoms with Crippen molar-refractivity contribution in [1.29, 1.82) is 0 Å². The van der Waals surface area contributed by atoms with Gasteiger partial charge in [-0.15, -0.1) is 22.7 Å². The highest BCUT2D eigenvalue weighted by Gasteiger charge is 2.28. The van der Waals surface area contributed by atoms with Crippen LogP contribution in [-0.2, 0) is 16.4 Å². The fourth-order valence-electron chi connectivity index (χ4n) is 2.45. The smallest absolute Gasteiger partial charge is 0.268 e. The van der Waals surface area contributed by atoms with Gasteiger partial charge in [0.15, 0.2) is 5.13 Å². The van der Waals surface area contributed by atoms with Crippen molar-refractivity contribution in [2.75, 3.05) is 5.32 Å². The molecular weight excluding hydrogens is 378 g/mol. The second-order valence-electron chi connectivity index (χ2n) is 5.29. The number of amides is 1. The highest BCUT2D eigenvalue weighted by atomic mass is 32.2. The van der Waals surface area contributed by atoms with E-state index in [1.54, 1.807) is 18.5 Å². The van der Waals surface area contributed by atoms with Crippen LogP contribution in [-0.4, -0.2) is 19.3 Å². The van der Waals surface area contributed by atoms with E-state index in [1.807, 2.05) is 30.3 Å². The molecule has 0 saturated carbocycles. The highest BCUT2D eigenvalue weighted by Crippen LogP contribution is 2.33. The minimum absolute atomic E-state index is 0.0844. The van der Waals surface area contributed by atoms with Gasteiger partial charge in [0, 0.05) is 16.5 Å². The molecule has 0 spiro atoms. The second kappa shape index (κ2) is 7.04. The number of anilines is 1. The molecule has 3 aromatic rings. The number of nitrogens with zero attached hydrogens (tertiary/aromatic N) is 1. The van der Waals surface area contributed by atoms with Crippen LogP contribution >= 0.6 is 22.7 Å². The van der Waals surface area contributed by atoms with Crippen LogP contribution in [0.4, 0.5) is 5.13 Å². The zero-order chi connectivity index (χ0) is 18.0. The van der Waals surface area contributed by atoms with Gasteiger partial charge < -0.3 is 0 Å². The molecule has 1 aromatic carbocycles. The Balaban J connectivity index is 2.04. The largest absolute Gasteiger partial charge is 0.297 e. The molecule has 25 heavy (non-hydrogen) atoms. The summed E-state index contributed by atoms with van der Waals surface area (Å²) in [6.45, 7) is 1.79. The number of hydrogen-bond donors (Lipinski definition) is 2. The maximum atomic E-state index is 12.5. The molecular formula is C16H15N3O3S3. The van der Waals surface area contributed by atoms with Crippen LogP contribution in [0.25, 0.3) is 0 Å². The van der Waals surface area contributed by atoms with E-state index in [-0.39, 0.29) is 9.77 Å². The summed E-state index contributed by atoms with van der Waals surface area (Å²) in [6, 6.07) is 9.45. The fraction of sp³-hybridized carbons (Fsp3) is 0.125. The summed E-state index contributed by atoms with van der Waals surface area (Å²) < 4.78 is 24.4. The first kappa shape index (κ1) is 17.7. The van der Waals surface area contributed by atoms with Crippen LogP contribution < -0.4 is 10.5 Å². The number of hydrogen-bond acceptors (Lipinski definition) is 6. The fourth-order valence-corrected chi connectivity index (χ4v) is 5.40. The maximum Gasteiger partial charge on any atom is 0.268 e. The minimum atomic E-state index is -4.05. The second-order valence-corrected chi connectivity index (χ2v) is 8.91. The van der Waals surface area contributed by atoms with Gasteiger partial charge in [0.05, 0.1) is 0 Å². The molecule has 2 heterocycles. The third-order valence-electron chi connectivity index (χ3n) is 3.53. The number of aryl methyl sites for hydroxylation is 1. The van der Waals surface area contributed by atoms with Gasteiger partial charge in [0.25, 0.3) is 5.91 Å². The summed E-state index contributed by atoms with van der Waals surface area (Å²) in [5, 5.41) is 10.2. The monoisotopic (exact) mass is 393 g/mol. The van der Waals surface area contributed by atoms with E-state index < -0.39 is 15.9 Å². The topological polar surface area (TPSA) is 102 Å². The molecule has 0 bridgehead atoms. The van der Waals surface area contributed by atoms with E-state index in [0.717, 1.165) is 21.8 Å². The summed E-state index contributed by atoms with van der Waals surface area (Å²) in [5.74, 6) is -0.522. The van der Waals surface area contributed by atoms with E-state index in [0.29, 0.717) is 17.1 Å². The van der Waals surface area contributed by atoms with E-state index in [9.17, 15) is 13.2 Å². The number of nitrogens with one attached hydrogen (secondary N) is 1. The lowest BCUT2D eigenvalue weighted by Crippen LogP contribution is -2.20. The number of nitrogens with two attached hydrogens (primary N) is 1. The molecule has 0 atom stereocenters. The van der Waals surface area contributed by atoms with Crippen molar-refractivity contribution in [2.45, 2.75) is 18.2 Å². The Morgan fingerprint density at radius 1 is 1.28 bits per heavy atom. The van der Waals surface area contributed by atoms with Crippen molar-refractivity contribution in [1.82, 2.24) is 4.98 Å². The minimum Gasteiger partial charge on any atom is -0.297 e. The quantitative estimate of drug-likeness (QED) is 0.695. The average Bonchev–Trinajstić information content (AvgIpc) is 3.16. The Labute approximate surface area is 153 Å². The summed E-state index contributed by atoms with van der Waals surface area (Å²) in [7, 11) is -4.05. The lowest BCUT2D eigenvalue weighted by atomic mass is 10.1. The van der Waals surface area contributed by atoms with Gasteiger partial charge in [-0.1, -0.05) is 30.3 Å². The van der Waals surface area contributed by atoms with Crippen LogP contribution in [0.5, 0.6) is 0 Å². The van der Waals surface area contributed by atoms with Crippen LogP contribution in [0, 0.1) is 6.92 Å². The molecule has 0 saturated heterocycles. The molecule has 0 fully saturated rings. The Morgan fingerprint density at radius 3 is 2.60 bits per heavy atom. The summed E-state index contributed by atoms with van der Waals surface area (Å²) in [4.78, 5) is 17.3. The third-order valence-corrected chi connectivity index (χ3v) is 6.51. The van der Waals surface area contributed by atoms with Gasteiger partial charge in [-0.05, 0) is 24.5 Å². The van der Waals surface area contributed by atoms with Gasteiger partial charge in [-0.25, -0.2) is 18.5 Å². The molecule has 3 rings (SSSR count). The van der Waals surface area contributed by atoms with Gasteiger partial charge in [0.1, 0.15) is 9.77 Å². The molecule has 130 valence electrons. The first-order chi connectivity index (χ1) is 11.9. The van der Waals surface area contributed by atoms with Crippen LogP contribution in [0.2, 0.25) is 0 Å². The van der Waals surface area contributed by atoms with Gasteiger partial charge in [0.2, 0.25) is 10.0 Å². The first-order valence-corrected chi connectivity index (χ1v) is 10.5. The number of thiazole rings is 1. The van der Waals surface area contributed by atoms with Gasteiger partial charge >= 0.3 is 0 Å². The van der Waals surface area contributed by atoms with Crippen molar-refractivity contribution < 1.29 is 13.2 Å². The molecule has 6 nitrogen and oxygen atoms in total. The zero-order valence-electron chi connectivity index (χ0n) is 13.2. The molecule has 3 N–H and O–H groups in total. The molecule has 9 heteroatoms. The van der Waals surface area contributed by atoms with Crippen molar-refractivity contribution in [3.63, 3.8) is 0 Å². The van der Waals surface area contributed by atoms with Crippen molar-refractivity contribution in [2.24, 2.45) is 5.14 Å². The predicted octanol–water partition coefficient (Wildman–Crippen LogP) is 3.00. The molecule has 0 radical (unpaired) electrons. The molecule has 0 aliphatic carbocycles. The summed E-state index contributed by atoms with van der Waals surface area (Å²) in [6.07, 6.45) is 1.95. The van der Waals surface area contributed by atoms with Crippen molar-refractivity contribution in [3.05, 3.63) is 62.8 Å². The predicted molar refractivity (Wildman–Crippen MR) is 99.7 cm³/mol. The van der Waals surface area contributed by atoms with Crippen LogP contribution in [0.15, 0.2) is 46.8 Å². The average molecular weight is 394 g/mol. The normalized spacial score (nSPS) is 11.4. The Morgan fingerprint density at radius 2 is 2.00 bits per heavy atom. The van der Waals surface area contributed by atoms with Crippen LogP contribution in [0.3, 0.4) is 0 Å². The molecule has 0 aliphatic rings. The Kier molecular flexibility index (Phi) is 5.00. The molecule has 0 aliphatic heterocycles. The SMILES string of the molecule is Cc1sc(C(=O)Nc2nccs2)c(S(N)(=O)=O)c1Cc1ccccc1. The van der Waals surface area contributed by atoms with Crippen molar-refractivity contribution in [3.8, 4) is 0 Å². The van der Waals surface area contributed by atoms with E-state index in [4.69, 9.17) is 5.14 Å². The number of rotatable bonds is 5. The zero-order valence-corrected chi connectivity index (χ0v) is 15.7. The lowest BCUT2D eigenvalue weighted by molar-refractivity contribution is 0.102. The number of aromatic nitrogens is 1. The van der Waals surface area contributed by atoms with E-state index in [1.165, 1.54) is 11.3 Å². The molecule has 1 amide bonds. The molecule has 2 aromatic heterocycles. The van der Waals surface area contributed by atoms with Crippen LogP contribution in [0.1, 0.15) is 25.7 Å². The summed E-state index contributed by atoms with van der Waals surface area (Å²) in [5.41, 5.74) is 1.50. The number of carbonyl (C=O) groups excluding carboxylic acids is 1. The van der Waals surface area contributed by atoms with Gasteiger partial charge in [-0.3, -0.25) is 10.1 Å². The highest BCUT2D eigenvalue weighted by molar-refractivity contribution is 7.89. The number of sulfonamides is 1.